The molecular formula is C24H28N2O5. The Morgan fingerprint density at radius 2 is 1.71 bits per heavy atom. The van der Waals surface area contributed by atoms with Gasteiger partial charge in [0.05, 0.1) is 12.6 Å². The largest absolute Gasteiger partial charge is 0.464 e. The molecule has 0 saturated carbocycles. The van der Waals surface area contributed by atoms with Gasteiger partial charge in [-0.1, -0.05) is 60.7 Å². The molecule has 3 atom stereocenters. The van der Waals surface area contributed by atoms with Crippen molar-refractivity contribution in [3.8, 4) is 0 Å². The molecule has 1 heterocycles. The van der Waals surface area contributed by atoms with Crippen molar-refractivity contribution in [2.24, 2.45) is 0 Å². The van der Waals surface area contributed by atoms with Crippen molar-refractivity contribution < 1.29 is 24.2 Å². The molecule has 7 nitrogen and oxygen atoms in total. The van der Waals surface area contributed by atoms with Crippen molar-refractivity contribution in [1.82, 2.24) is 10.2 Å². The Kier molecular flexibility index (Phi) is 7.78. The zero-order chi connectivity index (χ0) is 22.2. The number of aliphatic hydroxyl groups is 1. The van der Waals surface area contributed by atoms with Gasteiger partial charge in [0.25, 0.3) is 0 Å². The second-order valence-corrected chi connectivity index (χ2v) is 7.56. The third-order valence-corrected chi connectivity index (χ3v) is 5.36. The molecule has 0 aliphatic carbocycles. The highest BCUT2D eigenvalue weighted by Gasteiger charge is 2.38. The Hall–Kier alpha value is -3.19. The van der Waals surface area contributed by atoms with Crippen LogP contribution >= 0.6 is 0 Å². The number of nitrogens with one attached hydrogen (secondary N) is 1. The van der Waals surface area contributed by atoms with Crippen LogP contribution in [-0.4, -0.2) is 52.6 Å². The first-order chi connectivity index (χ1) is 15.0. The fourth-order valence-electron chi connectivity index (χ4n) is 3.77. The number of amides is 2. The molecule has 2 amide bonds. The predicted octanol–water partition coefficient (Wildman–Crippen LogP) is 1.83. The Morgan fingerprint density at radius 3 is 2.32 bits per heavy atom. The molecule has 0 radical (unpaired) electrons. The van der Waals surface area contributed by atoms with Gasteiger partial charge in [-0.3, -0.25) is 9.59 Å². The van der Waals surface area contributed by atoms with Gasteiger partial charge in [0.1, 0.15) is 6.04 Å². The summed E-state index contributed by atoms with van der Waals surface area (Å²) >= 11 is 0. The molecular weight excluding hydrogens is 396 g/mol. The Bertz CT molecular complexity index is 887. The molecule has 2 N–H and O–H groups in total. The summed E-state index contributed by atoms with van der Waals surface area (Å²) in [5.74, 6) is -1.26. The maximum Gasteiger partial charge on any atom is 0.337 e. The van der Waals surface area contributed by atoms with E-state index >= 15 is 0 Å². The van der Waals surface area contributed by atoms with Crippen LogP contribution in [0.4, 0.5) is 0 Å². The number of aliphatic hydroxyl groups excluding tert-OH is 1. The summed E-state index contributed by atoms with van der Waals surface area (Å²) in [6.07, 6.45) is -0.574. The summed E-state index contributed by atoms with van der Waals surface area (Å²) in [6.45, 7) is 2.12. The monoisotopic (exact) mass is 424 g/mol. The van der Waals surface area contributed by atoms with Crippen molar-refractivity contribution >= 4 is 17.8 Å². The minimum atomic E-state index is -1.51. The molecule has 3 unspecified atom stereocenters. The van der Waals surface area contributed by atoms with E-state index in [1.54, 1.807) is 11.8 Å². The maximum atomic E-state index is 13.1. The van der Waals surface area contributed by atoms with E-state index in [-0.39, 0.29) is 31.3 Å². The Balaban J connectivity index is 1.74. The summed E-state index contributed by atoms with van der Waals surface area (Å²) in [4.78, 5) is 39.2. The number of benzene rings is 2. The molecule has 3 rings (SSSR count). The van der Waals surface area contributed by atoms with Crippen molar-refractivity contribution in [2.75, 3.05) is 6.61 Å². The number of hydrogen-bond acceptors (Lipinski definition) is 5. The van der Waals surface area contributed by atoms with E-state index in [4.69, 9.17) is 4.74 Å². The first-order valence-electron chi connectivity index (χ1n) is 10.5. The minimum Gasteiger partial charge on any atom is -0.464 e. The molecule has 0 bridgehead atoms. The van der Waals surface area contributed by atoms with Crippen LogP contribution in [0.15, 0.2) is 60.7 Å². The zero-order valence-electron chi connectivity index (χ0n) is 17.6. The zero-order valence-corrected chi connectivity index (χ0v) is 17.6. The standard InChI is InChI=1S/C24H28N2O5/c1-2-31-24(30)22(28)19(15-17-9-5-3-6-10-17)25-23(29)20-13-14-21(27)26(20)16-18-11-7-4-8-12-18/h3-12,19-20,22,28H,2,13-16H2,1H3,(H,25,29). The SMILES string of the molecule is CCOC(=O)C(O)C(Cc1ccccc1)NC(=O)C1CCC(=O)N1Cc1ccccc1. The van der Waals surface area contributed by atoms with Crippen LogP contribution in [0.2, 0.25) is 0 Å². The fourth-order valence-corrected chi connectivity index (χ4v) is 3.77. The number of hydrogen-bond donors (Lipinski definition) is 2. The van der Waals surface area contributed by atoms with Crippen LogP contribution in [-0.2, 0) is 32.1 Å². The van der Waals surface area contributed by atoms with Crippen LogP contribution in [0.3, 0.4) is 0 Å². The number of esters is 1. The fraction of sp³-hybridized carbons (Fsp3) is 0.375. The smallest absolute Gasteiger partial charge is 0.337 e. The van der Waals surface area contributed by atoms with E-state index in [0.717, 1.165) is 11.1 Å². The number of carbonyl (C=O) groups is 3. The molecule has 2 aromatic rings. The van der Waals surface area contributed by atoms with Crippen molar-refractivity contribution in [3.05, 3.63) is 71.8 Å². The summed E-state index contributed by atoms with van der Waals surface area (Å²) in [5.41, 5.74) is 1.79. The van der Waals surface area contributed by atoms with Crippen LogP contribution in [0.5, 0.6) is 0 Å². The quantitative estimate of drug-likeness (QED) is 0.599. The van der Waals surface area contributed by atoms with E-state index in [2.05, 4.69) is 5.32 Å². The first kappa shape index (κ1) is 22.5. The third-order valence-electron chi connectivity index (χ3n) is 5.36. The Labute approximate surface area is 182 Å². The van der Waals surface area contributed by atoms with Crippen molar-refractivity contribution in [2.45, 2.75) is 50.9 Å². The van der Waals surface area contributed by atoms with Crippen molar-refractivity contribution in [3.63, 3.8) is 0 Å². The summed E-state index contributed by atoms with van der Waals surface area (Å²) in [7, 11) is 0. The van der Waals surface area contributed by atoms with Gasteiger partial charge < -0.3 is 20.1 Å². The van der Waals surface area contributed by atoms with E-state index in [1.165, 1.54) is 0 Å². The molecule has 1 aliphatic heterocycles. The first-order valence-corrected chi connectivity index (χ1v) is 10.5. The lowest BCUT2D eigenvalue weighted by molar-refractivity contribution is -0.155. The van der Waals surface area contributed by atoms with Crippen LogP contribution in [0.1, 0.15) is 30.9 Å². The molecule has 1 fully saturated rings. The molecule has 0 spiro atoms. The van der Waals surface area contributed by atoms with E-state index in [9.17, 15) is 19.5 Å². The molecule has 1 aliphatic rings. The second-order valence-electron chi connectivity index (χ2n) is 7.56. The van der Waals surface area contributed by atoms with Gasteiger partial charge in [-0.2, -0.15) is 0 Å². The number of nitrogens with zero attached hydrogens (tertiary/aromatic N) is 1. The molecule has 31 heavy (non-hydrogen) atoms. The lowest BCUT2D eigenvalue weighted by Crippen LogP contribution is -2.53. The summed E-state index contributed by atoms with van der Waals surface area (Å²) < 4.78 is 4.94. The molecule has 2 aromatic carbocycles. The van der Waals surface area contributed by atoms with Gasteiger partial charge in [0, 0.05) is 13.0 Å². The summed E-state index contributed by atoms with van der Waals surface area (Å²) in [6, 6.07) is 17.2. The van der Waals surface area contributed by atoms with Gasteiger partial charge in [0.2, 0.25) is 11.8 Å². The lowest BCUT2D eigenvalue weighted by Gasteiger charge is -2.28. The van der Waals surface area contributed by atoms with Gasteiger partial charge in [0.15, 0.2) is 6.10 Å². The molecule has 7 heteroatoms. The van der Waals surface area contributed by atoms with Crippen LogP contribution in [0, 0.1) is 0 Å². The second kappa shape index (κ2) is 10.7. The predicted molar refractivity (Wildman–Crippen MR) is 115 cm³/mol. The number of likely N-dealkylation sites (tertiary alicyclic amines) is 1. The topological polar surface area (TPSA) is 95.9 Å². The highest BCUT2D eigenvalue weighted by molar-refractivity contribution is 5.91. The third kappa shape index (κ3) is 5.92. The van der Waals surface area contributed by atoms with Gasteiger partial charge in [-0.15, -0.1) is 0 Å². The van der Waals surface area contributed by atoms with Gasteiger partial charge in [-0.05, 0) is 30.9 Å². The molecule has 164 valence electrons. The summed E-state index contributed by atoms with van der Waals surface area (Å²) in [5, 5.41) is 13.3. The number of rotatable bonds is 9. The van der Waals surface area contributed by atoms with Gasteiger partial charge >= 0.3 is 5.97 Å². The average Bonchev–Trinajstić information content (AvgIpc) is 3.14. The maximum absolute atomic E-state index is 13.1. The average molecular weight is 424 g/mol. The van der Waals surface area contributed by atoms with Gasteiger partial charge in [-0.25, -0.2) is 4.79 Å². The molecule has 0 aromatic heterocycles. The molecule has 1 saturated heterocycles. The van der Waals surface area contributed by atoms with Crippen molar-refractivity contribution in [1.29, 1.82) is 0 Å². The van der Waals surface area contributed by atoms with E-state index in [0.29, 0.717) is 13.0 Å². The Morgan fingerprint density at radius 1 is 1.10 bits per heavy atom. The highest BCUT2D eigenvalue weighted by atomic mass is 16.5. The lowest BCUT2D eigenvalue weighted by atomic mass is 10.0. The minimum absolute atomic E-state index is 0.0884. The van der Waals surface area contributed by atoms with Crippen LogP contribution < -0.4 is 5.32 Å². The highest BCUT2D eigenvalue weighted by Crippen LogP contribution is 2.22. The van der Waals surface area contributed by atoms with E-state index < -0.39 is 24.2 Å². The number of ether oxygens (including phenoxy) is 1. The number of carbonyl (C=O) groups excluding carboxylic acids is 3. The van der Waals surface area contributed by atoms with E-state index in [1.807, 2.05) is 60.7 Å². The normalized spacial score (nSPS) is 17.8. The van der Waals surface area contributed by atoms with Crippen LogP contribution in [0.25, 0.3) is 0 Å².